The molecule has 25 heavy (non-hydrogen) atoms. The van der Waals surface area contributed by atoms with Crippen LogP contribution in [0.25, 0.3) is 0 Å². The van der Waals surface area contributed by atoms with E-state index in [9.17, 15) is 4.79 Å². The van der Waals surface area contributed by atoms with E-state index in [0.717, 1.165) is 10.0 Å². The third-order valence-corrected chi connectivity index (χ3v) is 4.47. The predicted octanol–water partition coefficient (Wildman–Crippen LogP) is 5.01. The molecule has 7 heteroatoms. The van der Waals surface area contributed by atoms with Gasteiger partial charge < -0.3 is 20.1 Å². The minimum absolute atomic E-state index is 0.150. The maximum atomic E-state index is 12.2. The number of carbonyl (C=O) groups is 1. The Kier molecular flexibility index (Phi) is 7.55. The van der Waals surface area contributed by atoms with E-state index >= 15 is 0 Å². The number of nitrogens with one attached hydrogen (secondary N) is 2. The largest absolute Gasteiger partial charge is 0.490 e. The minimum atomic E-state index is -0.313. The van der Waals surface area contributed by atoms with Gasteiger partial charge in [0.2, 0.25) is 0 Å². The summed E-state index contributed by atoms with van der Waals surface area (Å²) in [5, 5.41) is 6.08. The fraction of sp³-hybridized carbons (Fsp3) is 0.278. The van der Waals surface area contributed by atoms with E-state index < -0.39 is 0 Å². The monoisotopic (exact) mass is 426 g/mol. The molecule has 134 valence electrons. The molecule has 0 aliphatic heterocycles. The average Bonchev–Trinajstić information content (AvgIpc) is 2.57. The Labute approximate surface area is 160 Å². The number of hydrogen-bond donors (Lipinski definition) is 2. The third kappa shape index (κ3) is 5.92. The third-order valence-electron chi connectivity index (χ3n) is 3.45. The van der Waals surface area contributed by atoms with Gasteiger partial charge in [-0.25, -0.2) is 4.79 Å². The number of carbonyl (C=O) groups excluding carboxylic acids is 1. The van der Waals surface area contributed by atoms with E-state index in [1.165, 1.54) is 0 Å². The molecule has 1 unspecified atom stereocenters. The summed E-state index contributed by atoms with van der Waals surface area (Å²) in [7, 11) is 1.60. The van der Waals surface area contributed by atoms with Crippen molar-refractivity contribution in [3.63, 3.8) is 0 Å². The number of halogens is 2. The smallest absolute Gasteiger partial charge is 0.319 e. The fourth-order valence-corrected chi connectivity index (χ4v) is 3.06. The van der Waals surface area contributed by atoms with Crippen LogP contribution in [0.3, 0.4) is 0 Å². The number of amides is 2. The summed E-state index contributed by atoms with van der Waals surface area (Å²) in [4.78, 5) is 12.2. The molecule has 0 bridgehead atoms. The lowest BCUT2D eigenvalue weighted by atomic mass is 10.1. The molecule has 1 atom stereocenters. The van der Waals surface area contributed by atoms with Crippen molar-refractivity contribution in [1.82, 2.24) is 5.32 Å². The summed E-state index contributed by atoms with van der Waals surface area (Å²) in [5.74, 6) is 0.547. The Morgan fingerprint density at radius 2 is 2.00 bits per heavy atom. The highest BCUT2D eigenvalue weighted by Crippen LogP contribution is 2.28. The van der Waals surface area contributed by atoms with E-state index in [1.807, 2.05) is 31.2 Å². The van der Waals surface area contributed by atoms with Gasteiger partial charge in [0.1, 0.15) is 12.4 Å². The highest BCUT2D eigenvalue weighted by atomic mass is 79.9. The summed E-state index contributed by atoms with van der Waals surface area (Å²) in [6.45, 7) is 2.80. The quantitative estimate of drug-likeness (QED) is 0.611. The molecule has 5 nitrogen and oxygen atoms in total. The molecule has 2 aromatic rings. The fourth-order valence-electron chi connectivity index (χ4n) is 2.20. The molecule has 0 radical (unpaired) electrons. The number of methoxy groups -OCH3 is 1. The van der Waals surface area contributed by atoms with Gasteiger partial charge in [-0.05, 0) is 36.8 Å². The Bertz CT molecular complexity index is 727. The molecule has 2 aromatic carbocycles. The van der Waals surface area contributed by atoms with E-state index in [1.54, 1.807) is 25.3 Å². The van der Waals surface area contributed by atoms with E-state index in [4.69, 9.17) is 21.1 Å². The van der Waals surface area contributed by atoms with Gasteiger partial charge in [-0.2, -0.15) is 0 Å². The molecule has 0 aromatic heterocycles. The summed E-state index contributed by atoms with van der Waals surface area (Å²) in [5.41, 5.74) is 1.58. The van der Waals surface area contributed by atoms with E-state index in [-0.39, 0.29) is 12.1 Å². The Hall–Kier alpha value is -1.76. The lowest BCUT2D eigenvalue weighted by molar-refractivity contribution is 0.146. The van der Waals surface area contributed by atoms with Gasteiger partial charge in [-0.1, -0.05) is 45.7 Å². The van der Waals surface area contributed by atoms with Crippen LogP contribution in [0.1, 0.15) is 18.5 Å². The second-order valence-corrected chi connectivity index (χ2v) is 6.59. The van der Waals surface area contributed by atoms with Crippen LogP contribution in [-0.4, -0.2) is 26.4 Å². The summed E-state index contributed by atoms with van der Waals surface area (Å²) in [6, 6.07) is 12.4. The SMILES string of the molecule is COCCOc1ccc(NC(=O)NC(C)c2ccccc2Br)cc1Cl. The van der Waals surface area contributed by atoms with Crippen molar-refractivity contribution in [2.75, 3.05) is 25.6 Å². The van der Waals surface area contributed by atoms with Gasteiger partial charge >= 0.3 is 6.03 Å². The molecule has 0 aliphatic carbocycles. The van der Waals surface area contributed by atoms with Crippen LogP contribution < -0.4 is 15.4 Å². The van der Waals surface area contributed by atoms with Crippen LogP contribution in [0.5, 0.6) is 5.75 Å². The summed E-state index contributed by atoms with van der Waals surface area (Å²) in [6.07, 6.45) is 0. The number of urea groups is 1. The second kappa shape index (κ2) is 9.65. The van der Waals surface area contributed by atoms with Crippen molar-refractivity contribution in [1.29, 1.82) is 0 Å². The lowest BCUT2D eigenvalue weighted by Gasteiger charge is -2.17. The molecule has 0 heterocycles. The average molecular weight is 428 g/mol. The molecule has 2 amide bonds. The number of benzene rings is 2. The minimum Gasteiger partial charge on any atom is -0.490 e. The topological polar surface area (TPSA) is 59.6 Å². The zero-order valence-electron chi connectivity index (χ0n) is 14.0. The van der Waals surface area contributed by atoms with Gasteiger partial charge in [0, 0.05) is 17.3 Å². The second-order valence-electron chi connectivity index (χ2n) is 5.33. The molecule has 0 fully saturated rings. The maximum Gasteiger partial charge on any atom is 0.319 e. The Balaban J connectivity index is 1.94. The van der Waals surface area contributed by atoms with Crippen LogP contribution in [0.15, 0.2) is 46.9 Å². The van der Waals surface area contributed by atoms with Crippen molar-refractivity contribution in [2.45, 2.75) is 13.0 Å². The van der Waals surface area contributed by atoms with E-state index in [0.29, 0.717) is 29.7 Å². The molecule has 0 saturated heterocycles. The van der Waals surface area contributed by atoms with Gasteiger partial charge in [0.25, 0.3) is 0 Å². The van der Waals surface area contributed by atoms with Gasteiger partial charge in [-0.3, -0.25) is 0 Å². The highest BCUT2D eigenvalue weighted by Gasteiger charge is 2.12. The first kappa shape index (κ1) is 19.6. The van der Waals surface area contributed by atoms with Crippen LogP contribution in [0, 0.1) is 0 Å². The molecular weight excluding hydrogens is 408 g/mol. The van der Waals surface area contributed by atoms with Gasteiger partial charge in [0.05, 0.1) is 17.7 Å². The van der Waals surface area contributed by atoms with Gasteiger partial charge in [0.15, 0.2) is 0 Å². The highest BCUT2D eigenvalue weighted by molar-refractivity contribution is 9.10. The molecular formula is C18H20BrClN2O3. The number of hydrogen-bond acceptors (Lipinski definition) is 3. The first-order valence-electron chi connectivity index (χ1n) is 7.74. The summed E-state index contributed by atoms with van der Waals surface area (Å²) >= 11 is 9.66. The Morgan fingerprint density at radius 3 is 2.68 bits per heavy atom. The molecule has 2 N–H and O–H groups in total. The van der Waals surface area contributed by atoms with Crippen molar-refractivity contribution < 1.29 is 14.3 Å². The first-order chi connectivity index (χ1) is 12.0. The van der Waals surface area contributed by atoms with Crippen molar-refractivity contribution in [3.05, 3.63) is 57.5 Å². The molecule has 2 rings (SSSR count). The standard InChI is InChI=1S/C18H20BrClN2O3/c1-12(14-5-3-4-6-15(14)19)21-18(23)22-13-7-8-17(16(20)11-13)25-10-9-24-2/h3-8,11-12H,9-10H2,1-2H3,(H2,21,22,23). The zero-order valence-corrected chi connectivity index (χ0v) is 16.4. The molecule has 0 spiro atoms. The maximum absolute atomic E-state index is 12.2. The number of rotatable bonds is 7. The molecule has 0 saturated carbocycles. The number of ether oxygens (including phenoxy) is 2. The molecule has 0 aliphatic rings. The van der Waals surface area contributed by atoms with Crippen molar-refractivity contribution in [2.24, 2.45) is 0 Å². The van der Waals surface area contributed by atoms with Gasteiger partial charge in [-0.15, -0.1) is 0 Å². The van der Waals surface area contributed by atoms with Crippen LogP contribution >= 0.6 is 27.5 Å². The zero-order chi connectivity index (χ0) is 18.2. The van der Waals surface area contributed by atoms with Crippen LogP contribution in [0.2, 0.25) is 5.02 Å². The first-order valence-corrected chi connectivity index (χ1v) is 8.91. The van der Waals surface area contributed by atoms with Crippen LogP contribution in [0.4, 0.5) is 10.5 Å². The number of anilines is 1. The predicted molar refractivity (Wildman–Crippen MR) is 104 cm³/mol. The van der Waals surface area contributed by atoms with Crippen molar-refractivity contribution >= 4 is 39.2 Å². The normalized spacial score (nSPS) is 11.7. The van der Waals surface area contributed by atoms with Crippen molar-refractivity contribution in [3.8, 4) is 5.75 Å². The van der Waals surface area contributed by atoms with Crippen LogP contribution in [-0.2, 0) is 4.74 Å². The Morgan fingerprint density at radius 1 is 1.24 bits per heavy atom. The van der Waals surface area contributed by atoms with E-state index in [2.05, 4.69) is 26.6 Å². The summed E-state index contributed by atoms with van der Waals surface area (Å²) < 4.78 is 11.4. The lowest BCUT2D eigenvalue weighted by Crippen LogP contribution is -2.31.